The SMILES string of the molecule is [2H]C1([2H])N(c2ccc3c(c2)P(=O)(O)C2=CC(=[N+]4C([2H])([2H])C([2H])([2H])C4([2H])[2H])C=CC2=C3c2c(F)c(C)c(F)c(F)c2C(=O)O)C([2H])([2H])C1([2H])C. The van der Waals surface area contributed by atoms with Crippen LogP contribution in [0.4, 0.5) is 18.9 Å². The van der Waals surface area contributed by atoms with E-state index in [1.165, 1.54) is 0 Å². The van der Waals surface area contributed by atoms with E-state index in [0.717, 1.165) is 50.3 Å². The van der Waals surface area contributed by atoms with Gasteiger partial charge in [-0.2, -0.15) is 0 Å². The van der Waals surface area contributed by atoms with Crippen LogP contribution in [0.1, 0.15) is 55.4 Å². The first-order chi connectivity index (χ1) is 22.1. The first-order valence-electron chi connectivity index (χ1n) is 16.6. The summed E-state index contributed by atoms with van der Waals surface area (Å²) in [4.78, 5) is 24.6. The molecule has 2 aromatic rings. The molecule has 10 heteroatoms. The molecule has 1 atom stereocenters. The van der Waals surface area contributed by atoms with E-state index in [4.69, 9.17) is 15.1 Å². The summed E-state index contributed by atoms with van der Waals surface area (Å²) in [6.07, 6.45) is -0.307. The second-order valence-electron chi connectivity index (χ2n) is 8.84. The number of carboxylic acids is 1. The van der Waals surface area contributed by atoms with Gasteiger partial charge in [0.05, 0.1) is 17.0 Å². The number of rotatable bonds is 3. The molecule has 0 aromatic heterocycles. The monoisotopic (exact) mass is 552 g/mol. The maximum absolute atomic E-state index is 16.0. The Hall–Kier alpha value is -3.42. The van der Waals surface area contributed by atoms with Gasteiger partial charge in [-0.3, -0.25) is 4.57 Å². The summed E-state index contributed by atoms with van der Waals surface area (Å²) < 4.78 is 151. The van der Waals surface area contributed by atoms with Gasteiger partial charge in [0.1, 0.15) is 29.9 Å². The maximum atomic E-state index is 16.0. The quantitative estimate of drug-likeness (QED) is 0.331. The van der Waals surface area contributed by atoms with Crippen molar-refractivity contribution in [3.05, 3.63) is 87.0 Å². The minimum Gasteiger partial charge on any atom is -0.478 e. The van der Waals surface area contributed by atoms with Crippen molar-refractivity contribution in [2.75, 3.05) is 30.9 Å². The topological polar surface area (TPSA) is 80.9 Å². The highest BCUT2D eigenvalue weighted by molar-refractivity contribution is 7.71. The third-order valence-corrected chi connectivity index (χ3v) is 8.62. The smallest absolute Gasteiger partial charge is 0.339 e. The van der Waals surface area contributed by atoms with E-state index in [-0.39, 0.29) is 5.69 Å². The molecule has 2 fully saturated rings. The van der Waals surface area contributed by atoms with Gasteiger partial charge < -0.3 is 14.9 Å². The molecular formula is C28H25F3N2O4P+. The number of carboxylic acid groups (broad SMARTS) is 1. The summed E-state index contributed by atoms with van der Waals surface area (Å²) in [6.45, 7) is -9.57. The van der Waals surface area contributed by atoms with Gasteiger partial charge in [0.25, 0.3) is 7.37 Å². The second kappa shape index (κ2) is 8.55. The fourth-order valence-corrected chi connectivity index (χ4v) is 6.61. The summed E-state index contributed by atoms with van der Waals surface area (Å²) in [5.41, 5.74) is -5.74. The molecule has 6 rings (SSSR count). The average molecular weight is 553 g/mol. The van der Waals surface area contributed by atoms with Crippen LogP contribution in [0.3, 0.4) is 0 Å². The van der Waals surface area contributed by atoms with E-state index in [1.54, 1.807) is 0 Å². The molecule has 1 unspecified atom stereocenters. The molecule has 38 heavy (non-hydrogen) atoms. The van der Waals surface area contributed by atoms with Crippen LogP contribution in [-0.4, -0.2) is 52.2 Å². The summed E-state index contributed by atoms with van der Waals surface area (Å²) in [5.74, 6) is -9.78. The number of halogens is 3. The molecule has 6 nitrogen and oxygen atoms in total. The van der Waals surface area contributed by atoms with Crippen LogP contribution in [0.5, 0.6) is 0 Å². The lowest BCUT2D eigenvalue weighted by atomic mass is 9.85. The van der Waals surface area contributed by atoms with E-state index < -0.39 is 119 Å². The van der Waals surface area contributed by atoms with Gasteiger partial charge in [-0.05, 0) is 42.2 Å². The third-order valence-electron chi connectivity index (χ3n) is 6.57. The number of aromatic carboxylic acids is 1. The molecule has 3 heterocycles. The minimum atomic E-state index is -5.09. The van der Waals surface area contributed by atoms with E-state index >= 15 is 8.78 Å². The van der Waals surface area contributed by atoms with Crippen molar-refractivity contribution in [3.8, 4) is 0 Å². The number of carbonyl (C=O) groups is 1. The molecule has 0 amide bonds. The Morgan fingerprint density at radius 3 is 2.58 bits per heavy atom. The zero-order valence-corrected chi connectivity index (χ0v) is 20.5. The molecule has 0 saturated carbocycles. The average Bonchev–Trinajstić information content (AvgIpc) is 2.98. The number of nitrogens with zero attached hydrogens (tertiary/aromatic N) is 2. The lowest BCUT2D eigenvalue weighted by molar-refractivity contribution is -0.582. The number of anilines is 1. The Bertz CT molecular complexity index is 2090. The molecule has 0 radical (unpaired) electrons. The second-order valence-corrected chi connectivity index (χ2v) is 11.0. The van der Waals surface area contributed by atoms with Crippen LogP contribution in [0, 0.1) is 30.3 Å². The number of benzene rings is 2. The zero-order valence-electron chi connectivity index (χ0n) is 30.7. The molecule has 0 spiro atoms. The van der Waals surface area contributed by atoms with Crippen molar-refractivity contribution in [2.24, 2.45) is 5.89 Å². The number of fused-ring (bicyclic) bond motifs is 2. The van der Waals surface area contributed by atoms with Crippen LogP contribution in [0.15, 0.2) is 47.3 Å². The Kier molecular flexibility index (Phi) is 3.43. The summed E-state index contributed by atoms with van der Waals surface area (Å²) in [7, 11) is -5.09. The van der Waals surface area contributed by atoms with E-state index in [2.05, 4.69) is 0 Å². The van der Waals surface area contributed by atoms with Crippen molar-refractivity contribution in [1.82, 2.24) is 0 Å². The standard InChI is InChI=1S/C28H24F3N2O4P/c1-14-12-33(13-14)17-5-7-19-21(11-17)38(36,37)20-10-16(32-8-3-9-32)4-6-18(20)22(19)23-24(28(34)35)27(31)26(30)15(2)25(23)29/h4-7,10-11,14H,3,8-9,12-13H2,1-2H3,(H-,34,35,36,37)/p+1/i3D2,8D2,9D2,12D2,13D2,14D. The van der Waals surface area contributed by atoms with Gasteiger partial charge in [-0.15, -0.1) is 0 Å². The molecule has 0 bridgehead atoms. The highest BCUT2D eigenvalue weighted by Crippen LogP contribution is 2.60. The van der Waals surface area contributed by atoms with Crippen LogP contribution in [0.2, 0.25) is 0 Å². The number of hydrogen-bond acceptors (Lipinski definition) is 3. The van der Waals surface area contributed by atoms with Gasteiger partial charge in [-0.25, -0.2) is 22.5 Å². The maximum Gasteiger partial charge on any atom is 0.339 e. The zero-order chi connectivity index (χ0) is 37.0. The highest BCUT2D eigenvalue weighted by Gasteiger charge is 2.43. The van der Waals surface area contributed by atoms with Crippen molar-refractivity contribution in [3.63, 3.8) is 0 Å². The van der Waals surface area contributed by atoms with Crippen LogP contribution in [-0.2, 0) is 4.57 Å². The van der Waals surface area contributed by atoms with Crippen LogP contribution in [0.25, 0.3) is 5.57 Å². The fraction of sp³-hybridized carbons (Fsp3) is 0.286. The minimum absolute atomic E-state index is 0.356. The van der Waals surface area contributed by atoms with Crippen LogP contribution < -0.4 is 10.2 Å². The molecule has 1 aliphatic carbocycles. The summed E-state index contributed by atoms with van der Waals surface area (Å²) in [6, 6.07) is 2.91. The molecule has 4 aliphatic rings. The predicted molar refractivity (Wildman–Crippen MR) is 138 cm³/mol. The Morgan fingerprint density at radius 2 is 1.89 bits per heavy atom. The predicted octanol–water partition coefficient (Wildman–Crippen LogP) is 4.59. The van der Waals surface area contributed by atoms with Crippen molar-refractivity contribution >= 4 is 35.6 Å². The van der Waals surface area contributed by atoms with Crippen molar-refractivity contribution in [1.29, 1.82) is 0 Å². The van der Waals surface area contributed by atoms with Crippen LogP contribution >= 0.6 is 7.37 Å². The molecule has 3 aliphatic heterocycles. The first kappa shape index (κ1) is 15.2. The Balaban J connectivity index is 1.73. The molecule has 196 valence electrons. The van der Waals surface area contributed by atoms with E-state index in [0.29, 0.717) is 9.48 Å². The number of hydrogen-bond donors (Lipinski definition) is 2. The van der Waals surface area contributed by atoms with Gasteiger partial charge in [0.15, 0.2) is 11.6 Å². The molecular weight excluding hydrogens is 516 g/mol. The van der Waals surface area contributed by atoms with Crippen molar-refractivity contribution in [2.45, 2.75) is 20.2 Å². The summed E-state index contributed by atoms with van der Waals surface area (Å²) >= 11 is 0. The molecule has 2 aromatic carbocycles. The van der Waals surface area contributed by atoms with Gasteiger partial charge in [0.2, 0.25) is 5.71 Å². The highest BCUT2D eigenvalue weighted by atomic mass is 31.2. The molecule has 2 N–H and O–H groups in total. The Morgan fingerprint density at radius 1 is 1.18 bits per heavy atom. The first-order valence-corrected chi connectivity index (χ1v) is 12.8. The largest absolute Gasteiger partial charge is 0.478 e. The molecule has 2 saturated heterocycles. The third kappa shape index (κ3) is 3.48. The fourth-order valence-electron chi connectivity index (χ4n) is 4.71. The van der Waals surface area contributed by atoms with Gasteiger partial charge in [-0.1, -0.05) is 13.0 Å². The lowest BCUT2D eigenvalue weighted by Gasteiger charge is -2.40. The van der Waals surface area contributed by atoms with Crippen molar-refractivity contribution < 1.29 is 52.2 Å². The van der Waals surface area contributed by atoms with E-state index in [9.17, 15) is 23.7 Å². The summed E-state index contributed by atoms with van der Waals surface area (Å²) in [5, 5.41) is 8.54. The van der Waals surface area contributed by atoms with Gasteiger partial charge in [0, 0.05) is 57.1 Å². The van der Waals surface area contributed by atoms with E-state index in [1.807, 2.05) is 0 Å². The number of allylic oxidation sites excluding steroid dienone is 5. The normalized spacial score (nSPS) is 34.3. The Labute approximate surface area is 232 Å². The lowest BCUT2D eigenvalue weighted by Crippen LogP contribution is -2.45. The van der Waals surface area contributed by atoms with Gasteiger partial charge >= 0.3 is 5.97 Å².